The third-order valence-electron chi connectivity index (χ3n) is 8.87. The number of nitrogens with zero attached hydrogens (tertiary/aromatic N) is 2. The smallest absolute Gasteiger partial charge is 0.258 e. The molecule has 11 heteroatoms. The number of halogens is 4. The molecule has 2 heterocycles. The normalized spacial score (nSPS) is 33.1. The second kappa shape index (κ2) is 8.85. The fourth-order valence-electron chi connectivity index (χ4n) is 7.14. The Balaban J connectivity index is 1.56. The predicted octanol–water partition coefficient (Wildman–Crippen LogP) is 5.03. The Bertz CT molecular complexity index is 1570. The number of fused-ring (bicyclic) bond motifs is 4. The maximum atomic E-state index is 14.7. The average Bonchev–Trinajstić information content (AvgIpc) is 3.25. The summed E-state index contributed by atoms with van der Waals surface area (Å²) in [6.07, 6.45) is 1.69. The van der Waals surface area contributed by atoms with Gasteiger partial charge in [0.2, 0.25) is 11.8 Å². The first-order chi connectivity index (χ1) is 19.1. The number of aromatic hydroxyl groups is 1. The van der Waals surface area contributed by atoms with E-state index in [4.69, 9.17) is 23.2 Å². The number of rotatable bonds is 2. The molecule has 3 fully saturated rings. The molecule has 2 saturated heterocycles. The number of phenols is 1. The van der Waals surface area contributed by atoms with Crippen LogP contribution < -0.4 is 4.90 Å². The maximum absolute atomic E-state index is 14.7. The zero-order valence-electron chi connectivity index (χ0n) is 22.3. The molecule has 4 amide bonds. The first-order valence-electron chi connectivity index (χ1n) is 13.2. The van der Waals surface area contributed by atoms with Crippen molar-refractivity contribution < 1.29 is 33.1 Å². The van der Waals surface area contributed by atoms with Crippen LogP contribution >= 0.6 is 23.2 Å². The molecule has 6 rings (SSSR count). The van der Waals surface area contributed by atoms with Gasteiger partial charge in [0.25, 0.3) is 11.8 Å². The Kier molecular flexibility index (Phi) is 6.01. The number of allylic oxidation sites excluding steroid dienone is 2. The van der Waals surface area contributed by atoms with E-state index in [1.165, 1.54) is 23.1 Å². The lowest BCUT2D eigenvalue weighted by Gasteiger charge is -2.50. The zero-order chi connectivity index (χ0) is 29.8. The highest BCUT2D eigenvalue weighted by atomic mass is 35.5. The largest absolute Gasteiger partial charge is 0.505 e. The first kappa shape index (κ1) is 27.8. The molecule has 0 spiro atoms. The molecule has 2 aliphatic heterocycles. The maximum Gasteiger partial charge on any atom is 0.258 e. The summed E-state index contributed by atoms with van der Waals surface area (Å²) < 4.78 is 28.4. The van der Waals surface area contributed by atoms with E-state index in [2.05, 4.69) is 0 Å². The van der Waals surface area contributed by atoms with E-state index >= 15 is 0 Å². The van der Waals surface area contributed by atoms with Crippen LogP contribution in [-0.2, 0) is 19.2 Å². The molecule has 2 aliphatic carbocycles. The Morgan fingerprint density at radius 1 is 0.927 bits per heavy atom. The van der Waals surface area contributed by atoms with Crippen LogP contribution in [0.1, 0.15) is 45.1 Å². The van der Waals surface area contributed by atoms with Crippen LogP contribution in [0.3, 0.4) is 0 Å². The van der Waals surface area contributed by atoms with Crippen LogP contribution in [0.4, 0.5) is 14.5 Å². The quantitative estimate of drug-likeness (QED) is 0.295. The fraction of sp³-hybridized carbons (Fsp3) is 0.400. The molecular weight excluding hydrogens is 577 g/mol. The first-order valence-corrected chi connectivity index (χ1v) is 14.0. The van der Waals surface area contributed by atoms with Crippen LogP contribution in [0.5, 0.6) is 5.75 Å². The summed E-state index contributed by atoms with van der Waals surface area (Å²) in [5, 5.41) is 9.88. The van der Waals surface area contributed by atoms with Gasteiger partial charge in [-0.1, -0.05) is 17.7 Å². The third kappa shape index (κ3) is 3.61. The summed E-state index contributed by atoms with van der Waals surface area (Å²) in [6.45, 7) is 5.26. The van der Waals surface area contributed by atoms with Gasteiger partial charge in [0.1, 0.15) is 5.82 Å². The van der Waals surface area contributed by atoms with Gasteiger partial charge in [0, 0.05) is 11.5 Å². The fourth-order valence-corrected chi connectivity index (χ4v) is 8.07. The molecule has 4 aliphatic rings. The minimum absolute atomic E-state index is 0.0485. The molecular formula is C30H26Cl2F2N2O5. The Morgan fingerprint density at radius 3 is 2.20 bits per heavy atom. The van der Waals surface area contributed by atoms with Gasteiger partial charge in [-0.2, -0.15) is 0 Å². The number of hydrogen-bond donors (Lipinski definition) is 1. The van der Waals surface area contributed by atoms with Crippen molar-refractivity contribution in [2.45, 2.75) is 54.8 Å². The molecule has 0 bridgehead atoms. The topological polar surface area (TPSA) is 95.0 Å². The van der Waals surface area contributed by atoms with E-state index in [9.17, 15) is 33.1 Å². The number of imide groups is 2. The van der Waals surface area contributed by atoms with Crippen LogP contribution in [0.25, 0.3) is 0 Å². The standard InChI is InChI=1S/C30H26Cl2F2N2O5/c1-28(2,3)36-24(38)18-10-9-17-19(22(18)25(36)39)13-29(31)26(40)35(16-7-5-15(33)6-8-16)27(41)30(29,32)23(17)14-4-11-21(37)20(34)12-14/h4-9,11-12,18-19,22-23,37H,10,13H2,1-3H3. The Labute approximate surface area is 244 Å². The number of anilines is 1. The van der Waals surface area contributed by atoms with Crippen molar-refractivity contribution in [2.24, 2.45) is 17.8 Å². The number of amides is 4. The summed E-state index contributed by atoms with van der Waals surface area (Å²) in [4.78, 5) is 53.3. The summed E-state index contributed by atoms with van der Waals surface area (Å²) in [7, 11) is 0. The number of phenolic OH excluding ortho intramolecular Hbond substituents is 1. The number of benzene rings is 2. The molecule has 1 N–H and O–H groups in total. The van der Waals surface area contributed by atoms with Crippen LogP contribution in [0, 0.1) is 29.4 Å². The molecule has 1 saturated carbocycles. The predicted molar refractivity (Wildman–Crippen MR) is 146 cm³/mol. The molecule has 2 aromatic rings. The van der Waals surface area contributed by atoms with Crippen LogP contribution in [0.2, 0.25) is 0 Å². The second-order valence-corrected chi connectivity index (χ2v) is 13.4. The SMILES string of the molecule is CC(C)(C)N1C(=O)C2CC=C3C(CC4(Cl)C(=O)N(c5ccc(F)cc5)C(=O)C4(Cl)C3c3ccc(O)c(F)c3)C2C1=O. The van der Waals surface area contributed by atoms with Crippen molar-refractivity contribution in [3.8, 4) is 5.75 Å². The van der Waals surface area contributed by atoms with Crippen molar-refractivity contribution in [3.05, 3.63) is 71.3 Å². The van der Waals surface area contributed by atoms with E-state index in [1.807, 2.05) is 0 Å². The number of alkyl halides is 2. The average molecular weight is 603 g/mol. The van der Waals surface area contributed by atoms with Crippen molar-refractivity contribution in [2.75, 3.05) is 4.90 Å². The lowest BCUT2D eigenvalue weighted by atomic mass is 9.56. The van der Waals surface area contributed by atoms with E-state index in [1.54, 1.807) is 26.8 Å². The number of carbonyl (C=O) groups excluding carboxylic acids is 4. The van der Waals surface area contributed by atoms with E-state index in [-0.39, 0.29) is 30.0 Å². The van der Waals surface area contributed by atoms with Gasteiger partial charge in [-0.05, 0) is 81.5 Å². The number of hydrogen-bond acceptors (Lipinski definition) is 5. The summed E-state index contributed by atoms with van der Waals surface area (Å²) in [5.74, 6) is -8.19. The molecule has 6 atom stereocenters. The molecule has 214 valence electrons. The summed E-state index contributed by atoms with van der Waals surface area (Å²) in [5.41, 5.74) is -0.0805. The van der Waals surface area contributed by atoms with Crippen molar-refractivity contribution in [1.82, 2.24) is 4.90 Å². The van der Waals surface area contributed by atoms with Gasteiger partial charge in [-0.15, -0.1) is 23.2 Å². The van der Waals surface area contributed by atoms with E-state index < -0.39 is 74.1 Å². The molecule has 7 nitrogen and oxygen atoms in total. The number of carbonyl (C=O) groups is 4. The van der Waals surface area contributed by atoms with Gasteiger partial charge in [-0.3, -0.25) is 24.1 Å². The summed E-state index contributed by atoms with van der Waals surface area (Å²) in [6, 6.07) is 8.20. The summed E-state index contributed by atoms with van der Waals surface area (Å²) >= 11 is 14.4. The van der Waals surface area contributed by atoms with Crippen molar-refractivity contribution in [1.29, 1.82) is 0 Å². The highest BCUT2D eigenvalue weighted by Crippen LogP contribution is 2.66. The number of likely N-dealkylation sites (tertiary alicyclic amines) is 1. The molecule has 6 unspecified atom stereocenters. The van der Waals surface area contributed by atoms with Crippen molar-refractivity contribution in [3.63, 3.8) is 0 Å². The lowest BCUT2D eigenvalue weighted by Crippen LogP contribution is -2.60. The third-order valence-corrected chi connectivity index (χ3v) is 10.3. The zero-order valence-corrected chi connectivity index (χ0v) is 23.8. The highest BCUT2D eigenvalue weighted by Gasteiger charge is 2.76. The Morgan fingerprint density at radius 2 is 1.59 bits per heavy atom. The monoisotopic (exact) mass is 602 g/mol. The van der Waals surface area contributed by atoms with E-state index in [0.29, 0.717) is 5.57 Å². The highest BCUT2D eigenvalue weighted by molar-refractivity contribution is 6.58. The minimum atomic E-state index is -2.17. The molecule has 0 aromatic heterocycles. The van der Waals surface area contributed by atoms with Gasteiger partial charge >= 0.3 is 0 Å². The Hall–Kier alpha value is -3.30. The van der Waals surface area contributed by atoms with Crippen LogP contribution in [-0.4, -0.2) is 48.9 Å². The van der Waals surface area contributed by atoms with Gasteiger partial charge in [0.15, 0.2) is 21.3 Å². The van der Waals surface area contributed by atoms with Gasteiger partial charge < -0.3 is 5.11 Å². The van der Waals surface area contributed by atoms with E-state index in [0.717, 1.165) is 29.2 Å². The lowest BCUT2D eigenvalue weighted by molar-refractivity contribution is -0.145. The van der Waals surface area contributed by atoms with Crippen molar-refractivity contribution >= 4 is 52.5 Å². The molecule has 2 aromatic carbocycles. The van der Waals surface area contributed by atoms with Crippen LogP contribution in [0.15, 0.2) is 54.1 Å². The van der Waals surface area contributed by atoms with Gasteiger partial charge in [-0.25, -0.2) is 13.7 Å². The molecule has 0 radical (unpaired) electrons. The minimum Gasteiger partial charge on any atom is -0.505 e. The molecule has 41 heavy (non-hydrogen) atoms. The second-order valence-electron chi connectivity index (χ2n) is 12.1. The van der Waals surface area contributed by atoms with Gasteiger partial charge in [0.05, 0.1) is 17.5 Å².